The van der Waals surface area contributed by atoms with Gasteiger partial charge in [-0.1, -0.05) is 0 Å². The van der Waals surface area contributed by atoms with Gasteiger partial charge in [-0.05, 0) is 33.3 Å². The Morgan fingerprint density at radius 1 is 1.28 bits per heavy atom. The highest BCUT2D eigenvalue weighted by atomic mass is 16.5. The van der Waals surface area contributed by atoms with Crippen LogP contribution in [0.4, 0.5) is 0 Å². The fourth-order valence-corrected chi connectivity index (χ4v) is 3.06. The summed E-state index contributed by atoms with van der Waals surface area (Å²) in [5.41, 5.74) is -0.0829. The second-order valence-electron chi connectivity index (χ2n) is 7.55. The van der Waals surface area contributed by atoms with Crippen LogP contribution >= 0.6 is 0 Å². The molecule has 1 saturated heterocycles. The van der Waals surface area contributed by atoms with Crippen LogP contribution in [0.15, 0.2) is 21.7 Å². The molecular weight excluding hydrogens is 374 g/mol. The number of carbonyl (C=O) groups excluding carboxylic acids is 1. The summed E-state index contributed by atoms with van der Waals surface area (Å²) in [4.78, 5) is 18.7. The molecular formula is C20H35N5O4. The average Bonchev–Trinajstić information content (AvgIpc) is 3.12. The zero-order chi connectivity index (χ0) is 21.1. The van der Waals surface area contributed by atoms with Gasteiger partial charge in [-0.2, -0.15) is 0 Å². The molecule has 164 valence electrons. The molecule has 0 aliphatic carbocycles. The van der Waals surface area contributed by atoms with E-state index < -0.39 is 5.60 Å². The second kappa shape index (κ2) is 11.8. The topological polar surface area (TPSA) is 111 Å². The van der Waals surface area contributed by atoms with E-state index in [2.05, 4.69) is 25.8 Å². The van der Waals surface area contributed by atoms with Gasteiger partial charge < -0.3 is 30.2 Å². The molecule has 2 heterocycles. The number of rotatable bonds is 10. The number of nitrogens with one attached hydrogen (secondary N) is 3. The van der Waals surface area contributed by atoms with E-state index in [1.165, 1.54) is 6.26 Å². The minimum absolute atomic E-state index is 0.202. The Morgan fingerprint density at radius 2 is 2.00 bits per heavy atom. The third kappa shape index (κ3) is 8.43. The first-order chi connectivity index (χ1) is 13.9. The fourth-order valence-electron chi connectivity index (χ4n) is 3.06. The molecule has 9 heteroatoms. The minimum atomic E-state index is -0.908. The Morgan fingerprint density at radius 3 is 2.66 bits per heavy atom. The first-order valence-electron chi connectivity index (χ1n) is 10.3. The van der Waals surface area contributed by atoms with Gasteiger partial charge in [0.15, 0.2) is 11.7 Å². The normalized spacial score (nSPS) is 17.6. The van der Waals surface area contributed by atoms with Crippen LogP contribution < -0.4 is 16.0 Å². The molecule has 2 rings (SSSR count). The van der Waals surface area contributed by atoms with Crippen molar-refractivity contribution in [1.29, 1.82) is 0 Å². The molecule has 1 amide bonds. The predicted molar refractivity (Wildman–Crippen MR) is 112 cm³/mol. The van der Waals surface area contributed by atoms with Gasteiger partial charge in [0.25, 0.3) is 5.91 Å². The molecule has 9 nitrogen and oxygen atoms in total. The molecule has 0 bridgehead atoms. The summed E-state index contributed by atoms with van der Waals surface area (Å²) in [6.07, 6.45) is 2.25. The number of amides is 1. The lowest BCUT2D eigenvalue weighted by Crippen LogP contribution is -2.48. The van der Waals surface area contributed by atoms with Gasteiger partial charge in [0, 0.05) is 44.8 Å². The lowest BCUT2D eigenvalue weighted by molar-refractivity contribution is -0.0180. The highest BCUT2D eigenvalue weighted by Gasteiger charge is 2.25. The molecule has 1 unspecified atom stereocenters. The van der Waals surface area contributed by atoms with Crippen LogP contribution in [0.5, 0.6) is 0 Å². The Labute approximate surface area is 172 Å². The lowest BCUT2D eigenvalue weighted by Gasteiger charge is -2.33. The van der Waals surface area contributed by atoms with E-state index in [0.29, 0.717) is 51.1 Å². The van der Waals surface area contributed by atoms with E-state index in [4.69, 9.17) is 9.15 Å². The van der Waals surface area contributed by atoms with Crippen molar-refractivity contribution >= 4 is 11.9 Å². The van der Waals surface area contributed by atoms with Crippen molar-refractivity contribution in [1.82, 2.24) is 20.9 Å². The Kier molecular flexibility index (Phi) is 9.43. The maximum atomic E-state index is 12.0. The molecule has 29 heavy (non-hydrogen) atoms. The van der Waals surface area contributed by atoms with Gasteiger partial charge in [-0.3, -0.25) is 14.7 Å². The summed E-state index contributed by atoms with van der Waals surface area (Å²) < 4.78 is 10.5. The van der Waals surface area contributed by atoms with Crippen molar-refractivity contribution in [2.45, 2.75) is 32.8 Å². The van der Waals surface area contributed by atoms with E-state index in [0.717, 1.165) is 31.6 Å². The third-order valence-electron chi connectivity index (χ3n) is 4.59. The van der Waals surface area contributed by atoms with Crippen LogP contribution in [0.1, 0.15) is 36.4 Å². The molecule has 1 fully saturated rings. The van der Waals surface area contributed by atoms with Crippen molar-refractivity contribution in [2.75, 3.05) is 59.0 Å². The van der Waals surface area contributed by atoms with Gasteiger partial charge in [-0.25, -0.2) is 0 Å². The summed E-state index contributed by atoms with van der Waals surface area (Å²) in [5.74, 6) is 0.811. The van der Waals surface area contributed by atoms with Crippen molar-refractivity contribution in [3.63, 3.8) is 0 Å². The van der Waals surface area contributed by atoms with Crippen LogP contribution in [-0.4, -0.2) is 86.5 Å². The van der Waals surface area contributed by atoms with E-state index in [9.17, 15) is 9.90 Å². The van der Waals surface area contributed by atoms with Crippen molar-refractivity contribution in [3.8, 4) is 0 Å². The van der Waals surface area contributed by atoms with Crippen LogP contribution in [0.25, 0.3) is 0 Å². The smallest absolute Gasteiger partial charge is 0.287 e. The molecule has 1 aromatic heterocycles. The zero-order valence-corrected chi connectivity index (χ0v) is 17.8. The molecule has 0 radical (unpaired) electrons. The molecule has 1 aromatic rings. The summed E-state index contributed by atoms with van der Waals surface area (Å²) in [6, 6.07) is 1.77. The summed E-state index contributed by atoms with van der Waals surface area (Å²) in [6.45, 7) is 11.5. The molecule has 1 atom stereocenters. The number of β-amino-alcohol motifs (C(OH)–C–C–N with tert-alkyl or cyclic N) is 1. The number of furan rings is 1. The molecule has 1 aliphatic heterocycles. The zero-order valence-electron chi connectivity index (χ0n) is 17.8. The van der Waals surface area contributed by atoms with Gasteiger partial charge in [0.05, 0.1) is 31.6 Å². The highest BCUT2D eigenvalue weighted by molar-refractivity contribution is 5.92. The number of hydrogen-bond donors (Lipinski definition) is 4. The Balaban J connectivity index is 1.70. The van der Waals surface area contributed by atoms with E-state index in [-0.39, 0.29) is 5.91 Å². The van der Waals surface area contributed by atoms with Crippen LogP contribution in [0.3, 0.4) is 0 Å². The second-order valence-corrected chi connectivity index (χ2v) is 7.55. The number of guanidine groups is 1. The average molecular weight is 410 g/mol. The Hall–Kier alpha value is -2.10. The van der Waals surface area contributed by atoms with Gasteiger partial charge in [0.1, 0.15) is 0 Å². The minimum Gasteiger partial charge on any atom is -0.459 e. The van der Waals surface area contributed by atoms with E-state index in [1.54, 1.807) is 6.07 Å². The van der Waals surface area contributed by atoms with Crippen LogP contribution in [-0.2, 0) is 4.74 Å². The molecule has 0 spiro atoms. The van der Waals surface area contributed by atoms with E-state index >= 15 is 0 Å². The summed E-state index contributed by atoms with van der Waals surface area (Å²) in [5, 5.41) is 19.9. The SMILES string of the molecule is CCNC(=NCC(C)(O)CN1CCOCC1)NCCCNC(=O)c1occc1C. The molecule has 0 aromatic carbocycles. The maximum Gasteiger partial charge on any atom is 0.287 e. The fraction of sp³-hybridized carbons (Fsp3) is 0.700. The third-order valence-corrected chi connectivity index (χ3v) is 4.59. The van der Waals surface area contributed by atoms with Crippen molar-refractivity contribution in [3.05, 3.63) is 23.7 Å². The first-order valence-corrected chi connectivity index (χ1v) is 10.3. The van der Waals surface area contributed by atoms with E-state index in [1.807, 2.05) is 20.8 Å². The van der Waals surface area contributed by atoms with Gasteiger partial charge in [-0.15, -0.1) is 0 Å². The summed E-state index contributed by atoms with van der Waals surface area (Å²) in [7, 11) is 0. The number of morpholine rings is 1. The number of aliphatic imine (C=N–C) groups is 1. The number of carbonyl (C=O) groups is 1. The quantitative estimate of drug-likeness (QED) is 0.251. The number of nitrogens with zero attached hydrogens (tertiary/aromatic N) is 2. The van der Waals surface area contributed by atoms with Crippen molar-refractivity contribution in [2.24, 2.45) is 4.99 Å². The maximum absolute atomic E-state index is 12.0. The van der Waals surface area contributed by atoms with Gasteiger partial charge in [0.2, 0.25) is 0 Å². The standard InChI is InChI=1S/C20H35N5O4/c1-4-21-19(24-14-20(3,27)15-25-9-12-28-13-10-25)23-8-5-7-22-18(26)17-16(2)6-11-29-17/h6,11,27H,4-5,7-10,12-15H2,1-3H3,(H,22,26)(H2,21,23,24). The number of aliphatic hydroxyl groups is 1. The lowest BCUT2D eigenvalue weighted by atomic mass is 10.1. The summed E-state index contributed by atoms with van der Waals surface area (Å²) >= 11 is 0. The number of hydrogen-bond acceptors (Lipinski definition) is 6. The molecule has 0 saturated carbocycles. The highest BCUT2D eigenvalue weighted by Crippen LogP contribution is 2.09. The van der Waals surface area contributed by atoms with Crippen LogP contribution in [0, 0.1) is 6.92 Å². The van der Waals surface area contributed by atoms with Gasteiger partial charge >= 0.3 is 0 Å². The number of ether oxygens (including phenoxy) is 1. The largest absolute Gasteiger partial charge is 0.459 e. The molecule has 4 N–H and O–H groups in total. The first kappa shape index (κ1) is 23.2. The Bertz CT molecular complexity index is 653. The predicted octanol–water partition coefficient (Wildman–Crippen LogP) is 0.346. The molecule has 1 aliphatic rings. The van der Waals surface area contributed by atoms with Crippen molar-refractivity contribution < 1.29 is 19.1 Å². The monoisotopic (exact) mass is 409 g/mol. The number of aryl methyl sites for hydroxylation is 1. The van der Waals surface area contributed by atoms with Crippen LogP contribution in [0.2, 0.25) is 0 Å².